The quantitative estimate of drug-likeness (QED) is 0.159. The SMILES string of the molecule is CC(C)=CC(O)C(Cl)(Br)C(F)(F)F.COC(C)(OC)OCC(C)=CCCC(F)(F)F. The first-order valence-corrected chi connectivity index (χ1v) is 9.72. The Labute approximate surface area is 186 Å². The standard InChI is InChI=1S/C11H19F3O3.C7H9BrClF3O/c1-9(6-5-7-11(12,13)14)8-17-10(2,15-3)16-4;1-4(2)3-5(13)6(8,9)7(10,11)12/h6H,5,7-8H2,1-4H3;3,5,13H,1-2H3. The molecule has 0 spiro atoms. The van der Waals surface area contributed by atoms with Crippen LogP contribution in [0.4, 0.5) is 26.3 Å². The average molecular weight is 538 g/mol. The zero-order valence-electron chi connectivity index (χ0n) is 17.5. The molecule has 0 heterocycles. The smallest absolute Gasteiger partial charge is 0.386 e. The summed E-state index contributed by atoms with van der Waals surface area (Å²) in [5.41, 5.74) is 1.26. The van der Waals surface area contributed by atoms with Crippen molar-refractivity contribution >= 4 is 27.5 Å². The van der Waals surface area contributed by atoms with Gasteiger partial charge in [0.15, 0.2) is 0 Å². The summed E-state index contributed by atoms with van der Waals surface area (Å²) in [4.78, 5) is 0. The van der Waals surface area contributed by atoms with Crippen molar-refractivity contribution in [3.8, 4) is 0 Å². The minimum Gasteiger partial charge on any atom is -0.386 e. The first kappa shape index (κ1) is 31.9. The molecule has 0 amide bonds. The van der Waals surface area contributed by atoms with Gasteiger partial charge in [-0.05, 0) is 27.2 Å². The van der Waals surface area contributed by atoms with E-state index in [-0.39, 0.29) is 13.0 Å². The van der Waals surface area contributed by atoms with E-state index in [4.69, 9.17) is 30.9 Å². The summed E-state index contributed by atoms with van der Waals surface area (Å²) in [6, 6.07) is 0. The van der Waals surface area contributed by atoms with Gasteiger partial charge in [0.1, 0.15) is 6.10 Å². The molecule has 2 unspecified atom stereocenters. The lowest BCUT2D eigenvalue weighted by Gasteiger charge is -2.26. The molecule has 12 heteroatoms. The van der Waals surface area contributed by atoms with Crippen molar-refractivity contribution in [3.63, 3.8) is 0 Å². The summed E-state index contributed by atoms with van der Waals surface area (Å²) < 4.78 is 84.5. The van der Waals surface area contributed by atoms with Crippen molar-refractivity contribution in [3.05, 3.63) is 23.3 Å². The number of methoxy groups -OCH3 is 2. The van der Waals surface area contributed by atoms with Crippen LogP contribution in [0.1, 0.15) is 40.5 Å². The second kappa shape index (κ2) is 13.3. The van der Waals surface area contributed by atoms with Crippen LogP contribution in [0.15, 0.2) is 23.3 Å². The molecule has 0 rings (SSSR count). The predicted molar refractivity (Wildman–Crippen MR) is 106 cm³/mol. The maximum absolute atomic E-state index is 12.2. The molecule has 0 aromatic carbocycles. The topological polar surface area (TPSA) is 47.9 Å². The summed E-state index contributed by atoms with van der Waals surface area (Å²) in [6.45, 7) is 6.58. The van der Waals surface area contributed by atoms with E-state index in [9.17, 15) is 26.3 Å². The third-order valence-corrected chi connectivity index (χ3v) is 4.82. The second-order valence-electron chi connectivity index (χ2n) is 6.57. The van der Waals surface area contributed by atoms with Gasteiger partial charge in [0, 0.05) is 27.6 Å². The molecule has 4 nitrogen and oxygen atoms in total. The largest absolute Gasteiger partial charge is 0.420 e. The number of aliphatic hydroxyl groups is 1. The fourth-order valence-electron chi connectivity index (χ4n) is 1.58. The molecule has 2 atom stereocenters. The Balaban J connectivity index is 0. The van der Waals surface area contributed by atoms with E-state index < -0.39 is 34.6 Å². The van der Waals surface area contributed by atoms with Crippen molar-refractivity contribution < 1.29 is 45.7 Å². The van der Waals surface area contributed by atoms with Crippen LogP contribution < -0.4 is 0 Å². The van der Waals surface area contributed by atoms with E-state index in [1.165, 1.54) is 20.3 Å². The molecule has 0 saturated heterocycles. The highest BCUT2D eigenvalue weighted by molar-refractivity contribution is 9.10. The van der Waals surface area contributed by atoms with Crippen LogP contribution in [0, 0.1) is 0 Å². The van der Waals surface area contributed by atoms with Gasteiger partial charge in [-0.3, -0.25) is 0 Å². The van der Waals surface area contributed by atoms with Crippen LogP contribution in [0.25, 0.3) is 0 Å². The fourth-order valence-corrected chi connectivity index (χ4v) is 1.77. The summed E-state index contributed by atoms with van der Waals surface area (Å²) in [5, 5.41) is 9.11. The number of rotatable bonds is 9. The number of hydrogen-bond donors (Lipinski definition) is 1. The fraction of sp³-hybridized carbons (Fsp3) is 0.778. The van der Waals surface area contributed by atoms with Crippen molar-refractivity contribution in [1.82, 2.24) is 0 Å². The highest BCUT2D eigenvalue weighted by atomic mass is 79.9. The molecule has 0 aliphatic carbocycles. The molecule has 0 aliphatic rings. The van der Waals surface area contributed by atoms with Crippen LogP contribution in [0.3, 0.4) is 0 Å². The first-order valence-electron chi connectivity index (χ1n) is 8.55. The lowest BCUT2D eigenvalue weighted by Crippen LogP contribution is -2.43. The number of ether oxygens (including phenoxy) is 3. The minimum absolute atomic E-state index is 0.0463. The second-order valence-corrected chi connectivity index (χ2v) is 8.88. The Morgan fingerprint density at radius 2 is 1.53 bits per heavy atom. The zero-order chi connectivity index (χ0) is 24.4. The zero-order valence-corrected chi connectivity index (χ0v) is 19.9. The van der Waals surface area contributed by atoms with Gasteiger partial charge < -0.3 is 19.3 Å². The molecule has 30 heavy (non-hydrogen) atoms. The molecule has 1 N–H and O–H groups in total. The first-order chi connectivity index (χ1) is 13.3. The van der Waals surface area contributed by atoms with Gasteiger partial charge in [-0.2, -0.15) is 26.3 Å². The van der Waals surface area contributed by atoms with Crippen LogP contribution in [-0.4, -0.2) is 54.1 Å². The van der Waals surface area contributed by atoms with Crippen LogP contribution in [0.2, 0.25) is 0 Å². The van der Waals surface area contributed by atoms with Gasteiger partial charge >= 0.3 is 12.4 Å². The Kier molecular flexibility index (Phi) is 14.1. The molecule has 0 fully saturated rings. The highest BCUT2D eigenvalue weighted by Crippen LogP contribution is 2.44. The molecule has 0 radical (unpaired) electrons. The van der Waals surface area contributed by atoms with Crippen molar-refractivity contribution in [2.45, 2.75) is 68.7 Å². The summed E-state index contributed by atoms with van der Waals surface area (Å²) in [7, 11) is 2.85. The van der Waals surface area contributed by atoms with Crippen LogP contribution >= 0.6 is 27.5 Å². The molecule has 0 aromatic rings. The van der Waals surface area contributed by atoms with Gasteiger partial charge in [-0.15, -0.1) is 0 Å². The molecule has 0 saturated carbocycles. The predicted octanol–water partition coefficient (Wildman–Crippen LogP) is 6.46. The number of alkyl halides is 8. The molecular weight excluding hydrogens is 510 g/mol. The third-order valence-electron chi connectivity index (χ3n) is 3.46. The molecular formula is C18H28BrClF6O4. The van der Waals surface area contributed by atoms with E-state index in [2.05, 4.69) is 15.9 Å². The van der Waals surface area contributed by atoms with Gasteiger partial charge in [-0.25, -0.2) is 0 Å². The number of aliphatic hydroxyl groups excluding tert-OH is 1. The Morgan fingerprint density at radius 3 is 1.87 bits per heavy atom. The minimum atomic E-state index is -4.71. The van der Waals surface area contributed by atoms with E-state index in [1.54, 1.807) is 27.7 Å². The van der Waals surface area contributed by atoms with Crippen molar-refractivity contribution in [2.75, 3.05) is 20.8 Å². The molecule has 0 aliphatic heterocycles. The third kappa shape index (κ3) is 13.9. The van der Waals surface area contributed by atoms with E-state index in [0.717, 1.165) is 6.08 Å². The number of halogens is 8. The van der Waals surface area contributed by atoms with Crippen LogP contribution in [-0.2, 0) is 14.2 Å². The average Bonchev–Trinajstić information content (AvgIpc) is 2.57. The van der Waals surface area contributed by atoms with Gasteiger partial charge in [0.05, 0.1) is 6.61 Å². The highest BCUT2D eigenvalue weighted by Gasteiger charge is 2.56. The van der Waals surface area contributed by atoms with Crippen molar-refractivity contribution in [1.29, 1.82) is 0 Å². The Hall–Kier alpha value is -0.330. The molecule has 0 aromatic heterocycles. The summed E-state index contributed by atoms with van der Waals surface area (Å²) >= 11 is 7.35. The van der Waals surface area contributed by atoms with Crippen molar-refractivity contribution in [2.24, 2.45) is 0 Å². The van der Waals surface area contributed by atoms with Gasteiger partial charge in [0.25, 0.3) is 5.97 Å². The Morgan fingerprint density at radius 1 is 1.07 bits per heavy atom. The molecule has 0 bridgehead atoms. The Bertz CT molecular complexity index is 554. The summed E-state index contributed by atoms with van der Waals surface area (Å²) in [6.07, 6.45) is -8.97. The van der Waals surface area contributed by atoms with Gasteiger partial charge in [0.2, 0.25) is 3.78 Å². The van der Waals surface area contributed by atoms with Crippen LogP contribution in [0.5, 0.6) is 0 Å². The lowest BCUT2D eigenvalue weighted by atomic mass is 10.2. The van der Waals surface area contributed by atoms with Gasteiger partial charge in [-0.1, -0.05) is 50.8 Å². The monoisotopic (exact) mass is 536 g/mol. The normalized spacial score (nSPS) is 16.3. The van der Waals surface area contributed by atoms with E-state index in [0.29, 0.717) is 11.1 Å². The van der Waals surface area contributed by atoms with E-state index >= 15 is 0 Å². The number of allylic oxidation sites excluding steroid dienone is 2. The number of hydrogen-bond acceptors (Lipinski definition) is 4. The maximum Gasteiger partial charge on any atom is 0.420 e. The van der Waals surface area contributed by atoms with E-state index in [1.807, 2.05) is 0 Å². The lowest BCUT2D eigenvalue weighted by molar-refractivity contribution is -0.347. The maximum atomic E-state index is 12.2. The molecule has 180 valence electrons. The summed E-state index contributed by atoms with van der Waals surface area (Å²) in [5.74, 6) is -1.17.